The van der Waals surface area contributed by atoms with Crippen LogP contribution < -0.4 is 5.32 Å². The summed E-state index contributed by atoms with van der Waals surface area (Å²) >= 11 is 0. The molecule has 1 aliphatic rings. The molecule has 0 radical (unpaired) electrons. The minimum absolute atomic E-state index is 0.0507. The molecule has 2 rings (SSSR count). The number of halogens is 1. The number of benzene rings is 1. The van der Waals surface area contributed by atoms with Gasteiger partial charge in [0.25, 0.3) is 0 Å². The summed E-state index contributed by atoms with van der Waals surface area (Å²) in [6.07, 6.45) is 1.98. The van der Waals surface area contributed by atoms with Crippen LogP contribution in [0.1, 0.15) is 38.7 Å². The van der Waals surface area contributed by atoms with E-state index in [-0.39, 0.29) is 16.2 Å². The maximum absolute atomic E-state index is 14.0. The van der Waals surface area contributed by atoms with Gasteiger partial charge in [-0.05, 0) is 42.0 Å². The van der Waals surface area contributed by atoms with Crippen LogP contribution in [0, 0.1) is 11.2 Å². The molecule has 1 fully saturated rings. The molecule has 1 saturated carbocycles. The molecule has 0 bridgehead atoms. The van der Waals surface area contributed by atoms with E-state index in [1.807, 2.05) is 0 Å². The van der Waals surface area contributed by atoms with Gasteiger partial charge in [-0.3, -0.25) is 0 Å². The molecule has 1 N–H and O–H groups in total. The Bertz CT molecular complexity index is 610. The van der Waals surface area contributed by atoms with Crippen LogP contribution in [0.2, 0.25) is 0 Å². The first-order valence-corrected chi connectivity index (χ1v) is 8.80. The highest BCUT2D eigenvalue weighted by Gasteiger charge is 2.48. The van der Waals surface area contributed by atoms with Crippen LogP contribution >= 0.6 is 0 Å². The van der Waals surface area contributed by atoms with Crippen molar-refractivity contribution in [2.24, 2.45) is 5.41 Å². The van der Waals surface area contributed by atoms with Crippen LogP contribution in [-0.4, -0.2) is 27.3 Å². The van der Waals surface area contributed by atoms with E-state index in [0.29, 0.717) is 6.04 Å². The highest BCUT2D eigenvalue weighted by atomic mass is 32.2. The quantitative estimate of drug-likeness (QED) is 0.930. The van der Waals surface area contributed by atoms with Crippen molar-refractivity contribution in [2.45, 2.75) is 44.0 Å². The fraction of sp³-hybridized carbons (Fsp3) is 0.600. The third-order valence-corrected chi connectivity index (χ3v) is 5.61. The molecule has 5 heteroatoms. The molecule has 0 saturated heterocycles. The summed E-state index contributed by atoms with van der Waals surface area (Å²) in [4.78, 5) is -0.221. The molecule has 3 nitrogen and oxygen atoms in total. The lowest BCUT2D eigenvalue weighted by Gasteiger charge is -2.53. The van der Waals surface area contributed by atoms with Gasteiger partial charge in [-0.2, -0.15) is 0 Å². The molecular formula is C15H22FNO2S. The van der Waals surface area contributed by atoms with E-state index in [2.05, 4.69) is 26.1 Å². The highest BCUT2D eigenvalue weighted by Crippen LogP contribution is 2.52. The van der Waals surface area contributed by atoms with Gasteiger partial charge in [0.05, 0.1) is 0 Å². The average Bonchev–Trinajstić information content (AvgIpc) is 2.32. The van der Waals surface area contributed by atoms with Crippen LogP contribution in [0.15, 0.2) is 23.1 Å². The van der Waals surface area contributed by atoms with E-state index < -0.39 is 15.7 Å². The lowest BCUT2D eigenvalue weighted by Crippen LogP contribution is -2.55. The molecule has 0 amide bonds. The molecule has 2 atom stereocenters. The Hall–Kier alpha value is -0.940. The number of nitrogens with one attached hydrogen (secondary N) is 1. The van der Waals surface area contributed by atoms with E-state index in [0.717, 1.165) is 24.8 Å². The molecule has 0 heterocycles. The minimum Gasteiger partial charge on any atom is -0.314 e. The van der Waals surface area contributed by atoms with Crippen molar-refractivity contribution in [1.29, 1.82) is 0 Å². The SMILES string of the molecule is CCNC1CC(c2ccc(S(C)(=O)=O)c(F)c2)C1(C)C. The van der Waals surface area contributed by atoms with Crippen molar-refractivity contribution in [3.05, 3.63) is 29.6 Å². The summed E-state index contributed by atoms with van der Waals surface area (Å²) in [6, 6.07) is 4.94. The maximum atomic E-state index is 14.0. The summed E-state index contributed by atoms with van der Waals surface area (Å²) in [5, 5.41) is 3.43. The average molecular weight is 299 g/mol. The zero-order valence-corrected chi connectivity index (χ0v) is 13.2. The zero-order valence-electron chi connectivity index (χ0n) is 12.4. The van der Waals surface area contributed by atoms with Crippen molar-refractivity contribution in [3.8, 4) is 0 Å². The monoisotopic (exact) mass is 299 g/mol. The van der Waals surface area contributed by atoms with Gasteiger partial charge in [0.2, 0.25) is 0 Å². The largest absolute Gasteiger partial charge is 0.314 e. The van der Waals surface area contributed by atoms with Gasteiger partial charge in [0.15, 0.2) is 9.84 Å². The Morgan fingerprint density at radius 2 is 2.05 bits per heavy atom. The molecule has 0 spiro atoms. The molecule has 2 unspecified atom stereocenters. The topological polar surface area (TPSA) is 46.2 Å². The molecule has 1 aliphatic carbocycles. The van der Waals surface area contributed by atoms with Gasteiger partial charge in [-0.25, -0.2) is 12.8 Å². The van der Waals surface area contributed by atoms with Crippen molar-refractivity contribution >= 4 is 9.84 Å². The molecular weight excluding hydrogens is 277 g/mol. The summed E-state index contributed by atoms with van der Waals surface area (Å²) < 4.78 is 36.8. The Kier molecular flexibility index (Phi) is 3.95. The molecule has 0 aromatic heterocycles. The van der Waals surface area contributed by atoms with Crippen LogP contribution in [0.5, 0.6) is 0 Å². The second-order valence-corrected chi connectivity index (χ2v) is 8.17. The summed E-state index contributed by atoms with van der Waals surface area (Å²) in [5.74, 6) is -0.387. The molecule has 112 valence electrons. The van der Waals surface area contributed by atoms with Gasteiger partial charge in [-0.1, -0.05) is 26.8 Å². The Morgan fingerprint density at radius 3 is 2.50 bits per heavy atom. The van der Waals surface area contributed by atoms with E-state index in [1.54, 1.807) is 6.07 Å². The first-order valence-electron chi connectivity index (χ1n) is 6.90. The third kappa shape index (κ3) is 2.61. The minimum atomic E-state index is -3.50. The second kappa shape index (κ2) is 5.11. The molecule has 1 aromatic carbocycles. The second-order valence-electron chi connectivity index (χ2n) is 6.18. The van der Waals surface area contributed by atoms with Crippen LogP contribution in [0.3, 0.4) is 0 Å². The standard InChI is InChI=1S/C15H22FNO2S/c1-5-17-14-9-11(15(14,2)3)10-6-7-13(12(16)8-10)20(4,18)19/h6-8,11,14,17H,5,9H2,1-4H3. The fourth-order valence-corrected chi connectivity index (χ4v) is 3.85. The molecule has 1 aromatic rings. The number of hydrogen-bond acceptors (Lipinski definition) is 3. The van der Waals surface area contributed by atoms with Gasteiger partial charge in [0.1, 0.15) is 10.7 Å². The number of hydrogen-bond donors (Lipinski definition) is 1. The van der Waals surface area contributed by atoms with Gasteiger partial charge in [0, 0.05) is 12.3 Å². The maximum Gasteiger partial charge on any atom is 0.178 e. The highest BCUT2D eigenvalue weighted by molar-refractivity contribution is 7.90. The first-order chi connectivity index (χ1) is 9.17. The molecule has 0 aliphatic heterocycles. The zero-order chi connectivity index (χ0) is 15.1. The Labute approximate surface area is 120 Å². The van der Waals surface area contributed by atoms with E-state index >= 15 is 0 Å². The fourth-order valence-electron chi connectivity index (χ4n) is 3.12. The van der Waals surface area contributed by atoms with Gasteiger partial charge < -0.3 is 5.32 Å². The normalized spacial score (nSPS) is 25.2. The van der Waals surface area contributed by atoms with Crippen LogP contribution in [-0.2, 0) is 9.84 Å². The third-order valence-electron chi connectivity index (χ3n) is 4.48. The lowest BCUT2D eigenvalue weighted by atomic mass is 9.56. The summed E-state index contributed by atoms with van der Waals surface area (Å²) in [7, 11) is -3.50. The Balaban J connectivity index is 2.27. The summed E-state index contributed by atoms with van der Waals surface area (Å²) in [5.41, 5.74) is 0.934. The van der Waals surface area contributed by atoms with E-state index in [4.69, 9.17) is 0 Å². The number of rotatable bonds is 4. The van der Waals surface area contributed by atoms with Crippen LogP contribution in [0.4, 0.5) is 4.39 Å². The Morgan fingerprint density at radius 1 is 1.40 bits per heavy atom. The predicted molar refractivity (Wildman–Crippen MR) is 78.1 cm³/mol. The van der Waals surface area contributed by atoms with Crippen molar-refractivity contribution in [2.75, 3.05) is 12.8 Å². The van der Waals surface area contributed by atoms with Crippen LogP contribution in [0.25, 0.3) is 0 Å². The van der Waals surface area contributed by atoms with E-state index in [1.165, 1.54) is 12.1 Å². The van der Waals surface area contributed by atoms with E-state index in [9.17, 15) is 12.8 Å². The number of sulfone groups is 1. The molecule has 20 heavy (non-hydrogen) atoms. The van der Waals surface area contributed by atoms with Gasteiger partial charge in [-0.15, -0.1) is 0 Å². The first kappa shape index (κ1) is 15.4. The van der Waals surface area contributed by atoms with Crippen molar-refractivity contribution in [3.63, 3.8) is 0 Å². The van der Waals surface area contributed by atoms with Gasteiger partial charge >= 0.3 is 0 Å². The smallest absolute Gasteiger partial charge is 0.178 e. The van der Waals surface area contributed by atoms with Crippen molar-refractivity contribution < 1.29 is 12.8 Å². The lowest BCUT2D eigenvalue weighted by molar-refractivity contribution is 0.0704. The van der Waals surface area contributed by atoms with Crippen molar-refractivity contribution in [1.82, 2.24) is 5.32 Å². The predicted octanol–water partition coefficient (Wildman–Crippen LogP) is 2.72. The summed E-state index contributed by atoms with van der Waals surface area (Å²) in [6.45, 7) is 7.32.